The molecular formula is C21H32N2O3. The Balaban J connectivity index is 1.58. The van der Waals surface area contributed by atoms with Gasteiger partial charge < -0.3 is 20.1 Å². The van der Waals surface area contributed by atoms with Crippen LogP contribution >= 0.6 is 0 Å². The van der Waals surface area contributed by atoms with Gasteiger partial charge in [0.2, 0.25) is 5.91 Å². The number of methoxy groups -OCH3 is 2. The number of hydrogen-bond acceptors (Lipinski definition) is 4. The van der Waals surface area contributed by atoms with Crippen molar-refractivity contribution in [3.8, 4) is 5.75 Å². The first-order valence-electron chi connectivity index (χ1n) is 9.79. The summed E-state index contributed by atoms with van der Waals surface area (Å²) >= 11 is 0. The van der Waals surface area contributed by atoms with Gasteiger partial charge in [-0.05, 0) is 74.4 Å². The maximum absolute atomic E-state index is 12.6. The molecule has 1 aliphatic carbocycles. The van der Waals surface area contributed by atoms with Crippen molar-refractivity contribution in [2.45, 2.75) is 44.4 Å². The van der Waals surface area contributed by atoms with Gasteiger partial charge in [0, 0.05) is 25.5 Å². The number of ether oxygens (including phenoxy) is 2. The fraction of sp³-hybridized carbons (Fsp3) is 0.667. The summed E-state index contributed by atoms with van der Waals surface area (Å²) in [7, 11) is 3.45. The smallest absolute Gasteiger partial charge is 0.220 e. The summed E-state index contributed by atoms with van der Waals surface area (Å²) in [6.45, 7) is 3.42. The van der Waals surface area contributed by atoms with Crippen molar-refractivity contribution in [1.29, 1.82) is 0 Å². The second-order valence-corrected chi connectivity index (χ2v) is 7.82. The van der Waals surface area contributed by atoms with E-state index in [2.05, 4.69) is 22.8 Å². The second kappa shape index (κ2) is 8.87. The molecule has 0 radical (unpaired) electrons. The first kappa shape index (κ1) is 19.2. The van der Waals surface area contributed by atoms with E-state index in [1.54, 1.807) is 14.2 Å². The molecule has 144 valence electrons. The van der Waals surface area contributed by atoms with Crippen LogP contribution in [0.1, 0.15) is 49.1 Å². The van der Waals surface area contributed by atoms with E-state index < -0.39 is 0 Å². The number of carbonyl (C=O) groups excluding carboxylic acids is 1. The summed E-state index contributed by atoms with van der Waals surface area (Å²) < 4.78 is 10.8. The molecule has 0 bridgehead atoms. The van der Waals surface area contributed by atoms with Crippen LogP contribution in [0.5, 0.6) is 5.75 Å². The van der Waals surface area contributed by atoms with Crippen molar-refractivity contribution < 1.29 is 14.3 Å². The van der Waals surface area contributed by atoms with Crippen LogP contribution in [0.3, 0.4) is 0 Å². The SMILES string of the molecule is COCC1(CNC(=O)CC2CCCc3cc(OC)ccc32)CCNCC1. The van der Waals surface area contributed by atoms with Gasteiger partial charge in [0.05, 0.1) is 13.7 Å². The maximum atomic E-state index is 12.6. The van der Waals surface area contributed by atoms with Crippen LogP contribution < -0.4 is 15.4 Å². The maximum Gasteiger partial charge on any atom is 0.220 e. The summed E-state index contributed by atoms with van der Waals surface area (Å²) in [6, 6.07) is 6.28. The van der Waals surface area contributed by atoms with Gasteiger partial charge in [-0.2, -0.15) is 0 Å². The molecule has 26 heavy (non-hydrogen) atoms. The Morgan fingerprint density at radius 2 is 2.12 bits per heavy atom. The Labute approximate surface area is 156 Å². The average Bonchev–Trinajstić information content (AvgIpc) is 2.67. The predicted octanol–water partition coefficient (Wildman–Crippen LogP) is 2.64. The van der Waals surface area contributed by atoms with Gasteiger partial charge in [-0.25, -0.2) is 0 Å². The quantitative estimate of drug-likeness (QED) is 0.785. The zero-order valence-electron chi connectivity index (χ0n) is 16.1. The largest absolute Gasteiger partial charge is 0.497 e. The minimum atomic E-state index is 0.0769. The van der Waals surface area contributed by atoms with Crippen LogP contribution in [0.4, 0.5) is 0 Å². The highest BCUT2D eigenvalue weighted by Crippen LogP contribution is 2.36. The van der Waals surface area contributed by atoms with E-state index in [0.717, 1.165) is 50.9 Å². The van der Waals surface area contributed by atoms with Gasteiger partial charge in [0.1, 0.15) is 5.75 Å². The standard InChI is InChI=1S/C21H32N2O3/c1-25-15-21(8-10-22-11-9-21)14-23-20(24)13-17-5-3-4-16-12-18(26-2)6-7-19(16)17/h6-7,12,17,22H,3-5,8-11,13-15H2,1-2H3,(H,23,24). The third-order valence-corrected chi connectivity index (χ3v) is 6.00. The number of piperidine rings is 1. The van der Waals surface area contributed by atoms with Crippen LogP contribution in [0.25, 0.3) is 0 Å². The van der Waals surface area contributed by atoms with Crippen molar-refractivity contribution in [1.82, 2.24) is 10.6 Å². The molecule has 1 atom stereocenters. The number of nitrogens with one attached hydrogen (secondary N) is 2. The molecule has 1 aliphatic heterocycles. The average molecular weight is 360 g/mol. The first-order chi connectivity index (χ1) is 12.7. The van der Waals surface area contributed by atoms with Gasteiger partial charge in [-0.15, -0.1) is 0 Å². The van der Waals surface area contributed by atoms with E-state index in [1.807, 2.05) is 6.07 Å². The normalized spacial score (nSPS) is 21.7. The van der Waals surface area contributed by atoms with Crippen molar-refractivity contribution in [2.24, 2.45) is 5.41 Å². The second-order valence-electron chi connectivity index (χ2n) is 7.82. The number of aryl methyl sites for hydroxylation is 1. The zero-order valence-corrected chi connectivity index (χ0v) is 16.1. The first-order valence-corrected chi connectivity index (χ1v) is 9.79. The van der Waals surface area contributed by atoms with Gasteiger partial charge >= 0.3 is 0 Å². The molecule has 1 saturated heterocycles. The zero-order chi connectivity index (χ0) is 18.4. The lowest BCUT2D eigenvalue weighted by atomic mass is 9.79. The lowest BCUT2D eigenvalue weighted by Crippen LogP contribution is -2.47. The van der Waals surface area contributed by atoms with E-state index in [0.29, 0.717) is 25.5 Å². The molecule has 0 spiro atoms. The molecular weight excluding hydrogens is 328 g/mol. The molecule has 3 rings (SSSR count). The highest BCUT2D eigenvalue weighted by Gasteiger charge is 2.33. The van der Waals surface area contributed by atoms with E-state index in [4.69, 9.17) is 9.47 Å². The van der Waals surface area contributed by atoms with Crippen molar-refractivity contribution >= 4 is 5.91 Å². The van der Waals surface area contributed by atoms with Crippen LogP contribution in [0.2, 0.25) is 0 Å². The van der Waals surface area contributed by atoms with E-state index >= 15 is 0 Å². The van der Waals surface area contributed by atoms with E-state index in [1.165, 1.54) is 11.1 Å². The number of amides is 1. The number of hydrogen-bond donors (Lipinski definition) is 2. The Morgan fingerprint density at radius 3 is 2.85 bits per heavy atom. The minimum absolute atomic E-state index is 0.0769. The Kier molecular flexibility index (Phi) is 6.54. The highest BCUT2D eigenvalue weighted by atomic mass is 16.5. The Morgan fingerprint density at radius 1 is 1.31 bits per heavy atom. The predicted molar refractivity (Wildman–Crippen MR) is 103 cm³/mol. The lowest BCUT2D eigenvalue weighted by Gasteiger charge is -2.37. The number of rotatable bonds is 7. The molecule has 1 amide bonds. The minimum Gasteiger partial charge on any atom is -0.497 e. The lowest BCUT2D eigenvalue weighted by molar-refractivity contribution is -0.122. The number of carbonyl (C=O) groups is 1. The summed E-state index contributed by atoms with van der Waals surface area (Å²) in [5.74, 6) is 1.38. The highest BCUT2D eigenvalue weighted by molar-refractivity contribution is 5.77. The molecule has 5 heteroatoms. The molecule has 2 N–H and O–H groups in total. The number of benzene rings is 1. The Bertz CT molecular complexity index is 606. The number of fused-ring (bicyclic) bond motifs is 1. The van der Waals surface area contributed by atoms with Crippen LogP contribution in [0.15, 0.2) is 18.2 Å². The third kappa shape index (κ3) is 4.57. The fourth-order valence-corrected chi connectivity index (χ4v) is 4.45. The van der Waals surface area contributed by atoms with Crippen molar-refractivity contribution in [3.05, 3.63) is 29.3 Å². The molecule has 1 aromatic rings. The molecule has 5 nitrogen and oxygen atoms in total. The van der Waals surface area contributed by atoms with Gasteiger partial charge in [0.25, 0.3) is 0 Å². The fourth-order valence-electron chi connectivity index (χ4n) is 4.45. The molecule has 1 fully saturated rings. The van der Waals surface area contributed by atoms with Crippen LogP contribution in [-0.4, -0.2) is 46.4 Å². The van der Waals surface area contributed by atoms with E-state index in [-0.39, 0.29) is 11.3 Å². The molecule has 1 heterocycles. The van der Waals surface area contributed by atoms with Crippen molar-refractivity contribution in [2.75, 3.05) is 40.5 Å². The monoisotopic (exact) mass is 360 g/mol. The Hall–Kier alpha value is -1.59. The van der Waals surface area contributed by atoms with Crippen LogP contribution in [-0.2, 0) is 16.0 Å². The van der Waals surface area contributed by atoms with E-state index in [9.17, 15) is 4.79 Å². The molecule has 1 unspecified atom stereocenters. The molecule has 0 saturated carbocycles. The van der Waals surface area contributed by atoms with Gasteiger partial charge in [-0.3, -0.25) is 4.79 Å². The van der Waals surface area contributed by atoms with Crippen molar-refractivity contribution in [3.63, 3.8) is 0 Å². The molecule has 1 aromatic carbocycles. The third-order valence-electron chi connectivity index (χ3n) is 6.00. The topological polar surface area (TPSA) is 59.6 Å². The van der Waals surface area contributed by atoms with Gasteiger partial charge in [-0.1, -0.05) is 6.07 Å². The molecule has 2 aliphatic rings. The summed E-state index contributed by atoms with van der Waals surface area (Å²) in [4.78, 5) is 12.6. The van der Waals surface area contributed by atoms with Gasteiger partial charge in [0.15, 0.2) is 0 Å². The van der Waals surface area contributed by atoms with Crippen LogP contribution in [0, 0.1) is 5.41 Å². The summed E-state index contributed by atoms with van der Waals surface area (Å²) in [5.41, 5.74) is 2.73. The molecule has 0 aromatic heterocycles. The summed E-state index contributed by atoms with van der Waals surface area (Å²) in [6.07, 6.45) is 5.97. The summed E-state index contributed by atoms with van der Waals surface area (Å²) in [5, 5.41) is 6.60.